The summed E-state index contributed by atoms with van der Waals surface area (Å²) in [6, 6.07) is 22.3. The fraction of sp³-hybridized carbons (Fsp3) is 0.190. The zero-order valence-electron chi connectivity index (χ0n) is 14.7. The number of rotatable bonds is 6. The average Bonchev–Trinajstić information content (AvgIpc) is 2.69. The second kappa shape index (κ2) is 8.25. The lowest BCUT2D eigenvalue weighted by Crippen LogP contribution is -2.33. The van der Waals surface area contributed by atoms with Gasteiger partial charge in [-0.05, 0) is 24.1 Å². The van der Waals surface area contributed by atoms with Gasteiger partial charge in [-0.3, -0.25) is 9.59 Å². The molecule has 5 nitrogen and oxygen atoms in total. The van der Waals surface area contributed by atoms with Crippen molar-refractivity contribution < 1.29 is 4.79 Å². The number of aromatic nitrogens is 2. The molecule has 3 rings (SSSR count). The zero-order chi connectivity index (χ0) is 18.4. The third-order valence-electron chi connectivity index (χ3n) is 4.15. The number of carbonyl (C=O) groups is 1. The van der Waals surface area contributed by atoms with Crippen LogP contribution in [0.15, 0.2) is 77.6 Å². The first kappa shape index (κ1) is 17.6. The molecule has 3 aromatic rings. The Labute approximate surface area is 152 Å². The van der Waals surface area contributed by atoms with Crippen molar-refractivity contribution in [1.29, 1.82) is 0 Å². The van der Waals surface area contributed by atoms with Gasteiger partial charge < -0.3 is 4.90 Å². The molecule has 0 atom stereocenters. The summed E-state index contributed by atoms with van der Waals surface area (Å²) >= 11 is 0. The normalized spacial score (nSPS) is 10.5. The van der Waals surface area contributed by atoms with Crippen molar-refractivity contribution in [2.75, 3.05) is 6.54 Å². The number of hydrogen-bond donors (Lipinski definition) is 0. The van der Waals surface area contributed by atoms with E-state index in [-0.39, 0.29) is 17.2 Å². The average molecular weight is 347 g/mol. The first-order chi connectivity index (χ1) is 12.7. The number of amides is 1. The van der Waals surface area contributed by atoms with E-state index in [1.54, 1.807) is 4.90 Å². The van der Waals surface area contributed by atoms with E-state index in [0.717, 1.165) is 11.1 Å². The predicted octanol–water partition coefficient (Wildman–Crippen LogP) is 2.95. The molecule has 0 radical (unpaired) electrons. The molecule has 0 aliphatic carbocycles. The van der Waals surface area contributed by atoms with E-state index >= 15 is 0 Å². The number of carbonyl (C=O) groups excluding carboxylic acids is 1. The number of nitrogens with zero attached hydrogens (tertiary/aromatic N) is 3. The van der Waals surface area contributed by atoms with Crippen LogP contribution < -0.4 is 5.56 Å². The van der Waals surface area contributed by atoms with Crippen LogP contribution in [0.1, 0.15) is 28.5 Å². The molecule has 26 heavy (non-hydrogen) atoms. The zero-order valence-corrected chi connectivity index (χ0v) is 14.7. The lowest BCUT2D eigenvalue weighted by Gasteiger charge is -2.20. The fourth-order valence-corrected chi connectivity index (χ4v) is 2.73. The summed E-state index contributed by atoms with van der Waals surface area (Å²) in [6.45, 7) is 3.34. The summed E-state index contributed by atoms with van der Waals surface area (Å²) in [5.74, 6) is -0.182. The second-order valence-electron chi connectivity index (χ2n) is 6.00. The smallest absolute Gasteiger partial charge is 0.274 e. The molecule has 1 amide bonds. The maximum absolute atomic E-state index is 12.8. The highest BCUT2D eigenvalue weighted by atomic mass is 16.2. The minimum absolute atomic E-state index is 0.182. The highest BCUT2D eigenvalue weighted by molar-refractivity contribution is 5.92. The lowest BCUT2D eigenvalue weighted by atomic mass is 10.2. The Bertz CT molecular complexity index is 921. The maximum atomic E-state index is 12.8. The minimum atomic E-state index is -0.225. The molecule has 2 aromatic carbocycles. The van der Waals surface area contributed by atoms with E-state index in [1.165, 1.54) is 16.8 Å². The molecule has 0 N–H and O–H groups in total. The van der Waals surface area contributed by atoms with Crippen LogP contribution >= 0.6 is 0 Å². The molecule has 0 fully saturated rings. The second-order valence-corrected chi connectivity index (χ2v) is 6.00. The highest BCUT2D eigenvalue weighted by Gasteiger charge is 2.17. The topological polar surface area (TPSA) is 55.2 Å². The van der Waals surface area contributed by atoms with E-state index in [1.807, 2.05) is 67.6 Å². The molecule has 0 aliphatic heterocycles. The van der Waals surface area contributed by atoms with Crippen LogP contribution in [0.3, 0.4) is 0 Å². The summed E-state index contributed by atoms with van der Waals surface area (Å²) in [6.07, 6.45) is 0. The minimum Gasteiger partial charge on any atom is -0.333 e. The van der Waals surface area contributed by atoms with Crippen LogP contribution in [0.5, 0.6) is 0 Å². The van der Waals surface area contributed by atoms with Gasteiger partial charge in [-0.25, -0.2) is 4.68 Å². The van der Waals surface area contributed by atoms with Gasteiger partial charge in [-0.1, -0.05) is 60.7 Å². The van der Waals surface area contributed by atoms with Crippen molar-refractivity contribution in [3.8, 4) is 0 Å². The van der Waals surface area contributed by atoms with E-state index in [2.05, 4.69) is 5.10 Å². The Morgan fingerprint density at radius 3 is 2.15 bits per heavy atom. The van der Waals surface area contributed by atoms with Gasteiger partial charge in [0.15, 0.2) is 0 Å². The Hall–Kier alpha value is -3.21. The van der Waals surface area contributed by atoms with Gasteiger partial charge in [0.1, 0.15) is 5.69 Å². The predicted molar refractivity (Wildman–Crippen MR) is 101 cm³/mol. The first-order valence-corrected chi connectivity index (χ1v) is 8.62. The summed E-state index contributed by atoms with van der Waals surface area (Å²) in [5, 5.41) is 4.29. The highest BCUT2D eigenvalue weighted by Crippen LogP contribution is 2.08. The van der Waals surface area contributed by atoms with Crippen molar-refractivity contribution in [2.24, 2.45) is 0 Å². The van der Waals surface area contributed by atoms with Gasteiger partial charge in [-0.2, -0.15) is 5.10 Å². The molecule has 0 spiro atoms. The van der Waals surface area contributed by atoms with Gasteiger partial charge >= 0.3 is 0 Å². The van der Waals surface area contributed by atoms with Gasteiger partial charge in [0, 0.05) is 19.2 Å². The van der Waals surface area contributed by atoms with Crippen LogP contribution in [0.2, 0.25) is 0 Å². The Balaban J connectivity index is 1.82. The molecule has 0 unspecified atom stereocenters. The number of benzene rings is 2. The SMILES string of the molecule is CCN(Cc1ccccc1)C(=O)c1ccc(=O)n(Cc2ccccc2)n1. The van der Waals surface area contributed by atoms with E-state index in [4.69, 9.17) is 0 Å². The van der Waals surface area contributed by atoms with Crippen LogP contribution in [0.25, 0.3) is 0 Å². The van der Waals surface area contributed by atoms with Crippen LogP contribution in [-0.4, -0.2) is 27.1 Å². The summed E-state index contributed by atoms with van der Waals surface area (Å²) < 4.78 is 1.33. The van der Waals surface area contributed by atoms with Gasteiger partial charge in [0.2, 0.25) is 0 Å². The molecule has 1 heterocycles. The molecular formula is C21H21N3O2. The molecule has 0 aliphatic rings. The number of hydrogen-bond acceptors (Lipinski definition) is 3. The molecular weight excluding hydrogens is 326 g/mol. The van der Waals surface area contributed by atoms with Crippen molar-refractivity contribution in [3.05, 3.63) is 100.0 Å². The third-order valence-corrected chi connectivity index (χ3v) is 4.15. The van der Waals surface area contributed by atoms with Crippen molar-refractivity contribution in [1.82, 2.24) is 14.7 Å². The quantitative estimate of drug-likeness (QED) is 0.689. The molecule has 0 saturated heterocycles. The van der Waals surface area contributed by atoms with Gasteiger partial charge in [-0.15, -0.1) is 0 Å². The molecule has 1 aromatic heterocycles. The summed E-state index contributed by atoms with van der Waals surface area (Å²) in [4.78, 5) is 26.7. The monoisotopic (exact) mass is 347 g/mol. The molecule has 0 saturated carbocycles. The Morgan fingerprint density at radius 2 is 1.54 bits per heavy atom. The van der Waals surface area contributed by atoms with E-state index < -0.39 is 0 Å². The molecule has 132 valence electrons. The molecule has 5 heteroatoms. The largest absolute Gasteiger partial charge is 0.333 e. The molecule has 0 bridgehead atoms. The van der Waals surface area contributed by atoms with Crippen LogP contribution in [0.4, 0.5) is 0 Å². The van der Waals surface area contributed by atoms with Gasteiger partial charge in [0.25, 0.3) is 11.5 Å². The van der Waals surface area contributed by atoms with Crippen LogP contribution in [-0.2, 0) is 13.1 Å². The van der Waals surface area contributed by atoms with Crippen molar-refractivity contribution in [3.63, 3.8) is 0 Å². The van der Waals surface area contributed by atoms with Crippen molar-refractivity contribution in [2.45, 2.75) is 20.0 Å². The summed E-state index contributed by atoms with van der Waals surface area (Å²) in [7, 11) is 0. The van der Waals surface area contributed by atoms with Crippen molar-refractivity contribution >= 4 is 5.91 Å². The first-order valence-electron chi connectivity index (χ1n) is 8.62. The van der Waals surface area contributed by atoms with E-state index in [9.17, 15) is 9.59 Å². The van der Waals surface area contributed by atoms with Gasteiger partial charge in [0.05, 0.1) is 6.54 Å². The third kappa shape index (κ3) is 4.25. The lowest BCUT2D eigenvalue weighted by molar-refractivity contribution is 0.0744. The van der Waals surface area contributed by atoms with E-state index in [0.29, 0.717) is 19.6 Å². The van der Waals surface area contributed by atoms with Crippen LogP contribution in [0, 0.1) is 0 Å². The standard InChI is InChI=1S/C21H21N3O2/c1-2-23(15-17-9-5-3-6-10-17)21(26)19-13-14-20(25)24(22-19)16-18-11-7-4-8-12-18/h3-14H,2,15-16H2,1H3. The summed E-state index contributed by atoms with van der Waals surface area (Å²) in [5.41, 5.74) is 2.07. The fourth-order valence-electron chi connectivity index (χ4n) is 2.73. The Morgan fingerprint density at radius 1 is 0.923 bits per heavy atom. The Kier molecular flexibility index (Phi) is 5.59. The maximum Gasteiger partial charge on any atom is 0.274 e.